The Labute approximate surface area is 158 Å². The zero-order valence-electron chi connectivity index (χ0n) is 15.5. The lowest BCUT2D eigenvalue weighted by atomic mass is 10.0. The minimum Gasteiger partial charge on any atom is -0.367 e. The van der Waals surface area contributed by atoms with Gasteiger partial charge in [0.15, 0.2) is 0 Å². The van der Waals surface area contributed by atoms with E-state index in [4.69, 9.17) is 0 Å². The van der Waals surface area contributed by atoms with Gasteiger partial charge in [-0.3, -0.25) is 5.10 Å². The molecule has 6 heteroatoms. The number of rotatable bonds is 5. The van der Waals surface area contributed by atoms with Crippen LogP contribution in [0.5, 0.6) is 0 Å². The number of hydrogen-bond acceptors (Lipinski definition) is 4. The molecule has 3 aromatic rings. The highest BCUT2D eigenvalue weighted by Crippen LogP contribution is 2.31. The Hall–Kier alpha value is -2.73. The smallest absolute Gasteiger partial charge is 0.126 e. The molecule has 0 saturated carbocycles. The van der Waals surface area contributed by atoms with Crippen molar-refractivity contribution in [3.8, 4) is 22.4 Å². The highest BCUT2D eigenvalue weighted by molar-refractivity contribution is 5.81. The van der Waals surface area contributed by atoms with Crippen LogP contribution < -0.4 is 5.32 Å². The number of H-pyrrole nitrogens is 1. The van der Waals surface area contributed by atoms with Crippen molar-refractivity contribution in [3.05, 3.63) is 54.6 Å². The molecule has 1 aliphatic heterocycles. The van der Waals surface area contributed by atoms with E-state index in [-0.39, 0.29) is 5.82 Å². The van der Waals surface area contributed by atoms with Gasteiger partial charge in [-0.15, -0.1) is 0 Å². The van der Waals surface area contributed by atoms with Crippen molar-refractivity contribution in [3.63, 3.8) is 0 Å². The van der Waals surface area contributed by atoms with E-state index in [1.807, 2.05) is 12.3 Å². The van der Waals surface area contributed by atoms with Crippen molar-refractivity contribution in [2.45, 2.75) is 25.8 Å². The average molecular weight is 365 g/mol. The summed E-state index contributed by atoms with van der Waals surface area (Å²) < 4.78 is 13.2. The van der Waals surface area contributed by atoms with Crippen LogP contribution in [-0.2, 0) is 0 Å². The molecule has 2 aromatic heterocycles. The summed E-state index contributed by atoms with van der Waals surface area (Å²) in [4.78, 5) is 6.97. The number of halogens is 1. The molecule has 27 heavy (non-hydrogen) atoms. The quantitative estimate of drug-likeness (QED) is 0.712. The zero-order valence-corrected chi connectivity index (χ0v) is 15.5. The van der Waals surface area contributed by atoms with Gasteiger partial charge in [0, 0.05) is 36.5 Å². The fourth-order valence-corrected chi connectivity index (χ4v) is 3.62. The maximum absolute atomic E-state index is 13.2. The number of anilines is 1. The summed E-state index contributed by atoms with van der Waals surface area (Å²) >= 11 is 0. The van der Waals surface area contributed by atoms with Gasteiger partial charge < -0.3 is 10.2 Å². The van der Waals surface area contributed by atoms with E-state index in [0.29, 0.717) is 6.04 Å². The standard InChI is InChI=1S/C21H24FN5/c1-2-27-11-8-18(9-12-27)25-20-13-16(7-10-23-20)19-14-24-26-21(19)15-3-5-17(22)6-4-15/h3-7,10,13-14,18H,2,8-9,11-12H2,1H3,(H,23,25)(H,24,26). The van der Waals surface area contributed by atoms with E-state index in [9.17, 15) is 4.39 Å². The monoisotopic (exact) mass is 365 g/mol. The highest BCUT2D eigenvalue weighted by atomic mass is 19.1. The Bertz CT molecular complexity index is 882. The molecular weight excluding hydrogens is 341 g/mol. The number of likely N-dealkylation sites (tertiary alicyclic amines) is 1. The fraction of sp³-hybridized carbons (Fsp3) is 0.333. The molecule has 3 heterocycles. The van der Waals surface area contributed by atoms with Crippen LogP contribution in [0.1, 0.15) is 19.8 Å². The SMILES string of the molecule is CCN1CCC(Nc2cc(-c3cn[nH]c3-c3ccc(F)cc3)ccn2)CC1. The lowest BCUT2D eigenvalue weighted by molar-refractivity contribution is 0.229. The van der Waals surface area contributed by atoms with Gasteiger partial charge in [0.05, 0.1) is 11.9 Å². The molecular formula is C21H24FN5. The predicted molar refractivity (Wildman–Crippen MR) is 106 cm³/mol. The Morgan fingerprint density at radius 1 is 1.15 bits per heavy atom. The summed E-state index contributed by atoms with van der Waals surface area (Å²) in [6, 6.07) is 10.9. The Kier molecular flexibility index (Phi) is 5.16. The summed E-state index contributed by atoms with van der Waals surface area (Å²) in [5.41, 5.74) is 3.80. The first-order valence-corrected chi connectivity index (χ1v) is 9.47. The third-order valence-electron chi connectivity index (χ3n) is 5.23. The van der Waals surface area contributed by atoms with Gasteiger partial charge in [-0.2, -0.15) is 5.10 Å². The van der Waals surface area contributed by atoms with Gasteiger partial charge in [0.2, 0.25) is 0 Å². The number of pyridine rings is 1. The van der Waals surface area contributed by atoms with Crippen molar-refractivity contribution in [1.82, 2.24) is 20.1 Å². The molecule has 4 rings (SSSR count). The molecule has 1 fully saturated rings. The van der Waals surface area contributed by atoms with Gasteiger partial charge in [-0.05, 0) is 61.3 Å². The first kappa shape index (κ1) is 17.7. The molecule has 0 bridgehead atoms. The van der Waals surface area contributed by atoms with E-state index in [1.165, 1.54) is 12.1 Å². The van der Waals surface area contributed by atoms with E-state index in [2.05, 4.69) is 38.4 Å². The molecule has 2 N–H and O–H groups in total. The molecule has 0 radical (unpaired) electrons. The Balaban J connectivity index is 1.53. The fourth-order valence-electron chi connectivity index (χ4n) is 3.62. The third kappa shape index (κ3) is 4.01. The van der Waals surface area contributed by atoms with E-state index < -0.39 is 0 Å². The number of nitrogens with zero attached hydrogens (tertiary/aromatic N) is 3. The summed E-state index contributed by atoms with van der Waals surface area (Å²) in [6.07, 6.45) is 5.89. The van der Waals surface area contributed by atoms with Crippen molar-refractivity contribution in [2.24, 2.45) is 0 Å². The number of hydrogen-bond donors (Lipinski definition) is 2. The van der Waals surface area contributed by atoms with Crippen LogP contribution in [0.4, 0.5) is 10.2 Å². The molecule has 140 valence electrons. The van der Waals surface area contributed by atoms with Crippen LogP contribution in [0.15, 0.2) is 48.8 Å². The third-order valence-corrected chi connectivity index (χ3v) is 5.23. The van der Waals surface area contributed by atoms with Crippen LogP contribution in [0.25, 0.3) is 22.4 Å². The highest BCUT2D eigenvalue weighted by Gasteiger charge is 2.18. The molecule has 0 spiro atoms. The summed E-state index contributed by atoms with van der Waals surface area (Å²) in [6.45, 7) is 5.59. The van der Waals surface area contributed by atoms with E-state index in [0.717, 1.165) is 60.7 Å². The molecule has 0 atom stereocenters. The summed E-state index contributed by atoms with van der Waals surface area (Å²) in [5, 5.41) is 10.8. The Morgan fingerprint density at radius 2 is 1.93 bits per heavy atom. The lowest BCUT2D eigenvalue weighted by Crippen LogP contribution is -2.38. The number of aromatic amines is 1. The number of piperidine rings is 1. The van der Waals surface area contributed by atoms with E-state index in [1.54, 1.807) is 18.3 Å². The van der Waals surface area contributed by atoms with Crippen LogP contribution >= 0.6 is 0 Å². The maximum Gasteiger partial charge on any atom is 0.126 e. The van der Waals surface area contributed by atoms with Crippen molar-refractivity contribution in [2.75, 3.05) is 25.0 Å². The van der Waals surface area contributed by atoms with Crippen LogP contribution in [-0.4, -0.2) is 45.8 Å². The molecule has 0 amide bonds. The van der Waals surface area contributed by atoms with Gasteiger partial charge in [-0.1, -0.05) is 6.92 Å². The average Bonchev–Trinajstić information content (AvgIpc) is 3.19. The second-order valence-corrected chi connectivity index (χ2v) is 6.95. The summed E-state index contributed by atoms with van der Waals surface area (Å²) in [5.74, 6) is 0.637. The predicted octanol–water partition coefficient (Wildman–Crippen LogP) is 4.17. The minimum atomic E-state index is -0.246. The topological polar surface area (TPSA) is 56.8 Å². The Morgan fingerprint density at radius 3 is 2.67 bits per heavy atom. The van der Waals surface area contributed by atoms with Gasteiger partial charge >= 0.3 is 0 Å². The largest absolute Gasteiger partial charge is 0.367 e. The molecule has 1 saturated heterocycles. The lowest BCUT2D eigenvalue weighted by Gasteiger charge is -2.31. The number of nitrogens with one attached hydrogen (secondary N) is 2. The van der Waals surface area contributed by atoms with Crippen LogP contribution in [0, 0.1) is 5.82 Å². The van der Waals surface area contributed by atoms with Gasteiger partial charge in [0.25, 0.3) is 0 Å². The summed E-state index contributed by atoms with van der Waals surface area (Å²) in [7, 11) is 0. The molecule has 1 aromatic carbocycles. The zero-order chi connectivity index (χ0) is 18.6. The first-order chi connectivity index (χ1) is 13.2. The maximum atomic E-state index is 13.2. The van der Waals surface area contributed by atoms with Crippen LogP contribution in [0.3, 0.4) is 0 Å². The van der Waals surface area contributed by atoms with Crippen molar-refractivity contribution >= 4 is 5.82 Å². The molecule has 5 nitrogen and oxygen atoms in total. The van der Waals surface area contributed by atoms with Crippen molar-refractivity contribution in [1.29, 1.82) is 0 Å². The van der Waals surface area contributed by atoms with E-state index >= 15 is 0 Å². The molecule has 0 unspecified atom stereocenters. The number of aromatic nitrogens is 3. The number of benzene rings is 1. The second-order valence-electron chi connectivity index (χ2n) is 6.95. The normalized spacial score (nSPS) is 15.8. The minimum absolute atomic E-state index is 0.246. The first-order valence-electron chi connectivity index (χ1n) is 9.47. The molecule has 1 aliphatic rings. The van der Waals surface area contributed by atoms with Crippen LogP contribution in [0.2, 0.25) is 0 Å². The van der Waals surface area contributed by atoms with Gasteiger partial charge in [-0.25, -0.2) is 9.37 Å². The van der Waals surface area contributed by atoms with Crippen molar-refractivity contribution < 1.29 is 4.39 Å². The van der Waals surface area contributed by atoms with Gasteiger partial charge in [0.1, 0.15) is 11.6 Å². The second kappa shape index (κ2) is 7.88. The molecule has 0 aliphatic carbocycles.